The number of nitrogens with zero attached hydrogens (tertiary/aromatic N) is 8. The maximum absolute atomic E-state index is 14.5. The number of hydrogen-bond donors (Lipinski definition) is 4. The number of fused-ring (bicyclic) bond motifs is 8. The molecular formula is C89H86F8N12O5S4. The van der Waals surface area contributed by atoms with E-state index >= 15 is 0 Å². The monoisotopic (exact) mass is 1680 g/mol. The predicted octanol–water partition coefficient (Wildman–Crippen LogP) is 16.6. The topological polar surface area (TPSA) is 224 Å². The highest BCUT2D eigenvalue weighted by molar-refractivity contribution is 8.16. The predicted molar refractivity (Wildman–Crippen MR) is 444 cm³/mol. The molecule has 0 aromatic heterocycles. The van der Waals surface area contributed by atoms with Gasteiger partial charge in [0.15, 0.2) is 0 Å². The Bertz CT molecular complexity index is 5230. The largest absolute Gasteiger partial charge is 0.370 e. The van der Waals surface area contributed by atoms with Gasteiger partial charge in [0, 0.05) is 59.9 Å². The second-order valence-electron chi connectivity index (χ2n) is 31.5. The van der Waals surface area contributed by atoms with Crippen LogP contribution in [0, 0.1) is 64.3 Å². The average molecular weight is 1680 g/mol. The first-order valence-electron chi connectivity index (χ1n) is 40.1. The van der Waals surface area contributed by atoms with Gasteiger partial charge in [-0.05, 0) is 258 Å². The van der Waals surface area contributed by atoms with Crippen molar-refractivity contribution in [2.45, 2.75) is 154 Å². The number of halogens is 8. The molecule has 6 N–H and O–H groups in total. The van der Waals surface area contributed by atoms with Gasteiger partial charge in [0.05, 0.1) is 0 Å². The Kier molecular flexibility index (Phi) is 24.2. The summed E-state index contributed by atoms with van der Waals surface area (Å²) in [5.74, 6) is -5.02. The van der Waals surface area contributed by atoms with Crippen molar-refractivity contribution < 1.29 is 59.1 Å². The van der Waals surface area contributed by atoms with Gasteiger partial charge in [-0.2, -0.15) is 20.4 Å². The second-order valence-corrected chi connectivity index (χ2v) is 36.5. The normalized spacial score (nSPS) is 24.4. The fourth-order valence-electron chi connectivity index (χ4n) is 17.9. The number of carbonyl (C=O) groups is 5. The van der Waals surface area contributed by atoms with E-state index in [4.69, 9.17) is 11.5 Å². The zero-order valence-corrected chi connectivity index (χ0v) is 67.6. The van der Waals surface area contributed by atoms with Crippen molar-refractivity contribution in [1.82, 2.24) is 30.7 Å². The third-order valence-corrected chi connectivity index (χ3v) is 29.6. The molecule has 5 atom stereocenters. The summed E-state index contributed by atoms with van der Waals surface area (Å²) >= 11 is 5.35. The lowest BCUT2D eigenvalue weighted by Crippen LogP contribution is -2.44. The first-order chi connectivity index (χ1) is 57.0. The standard InChI is InChI=1S/3C23H23F2N3OS.C20H17F2N3O2S/c24-17-7-8-20(25)18(13-17)22-27-28(21(29)12-15-4-3-11-26-14-15)23(30-22)10-9-16-5-1-2-6-19(16)23;24-16-7-10-20(25)18(13-16)21-27-28(22(29)15-5-8-17(26)9-6-15)23(30-21)12-11-14-3-1-2-4-19(14)23;24-17-5-6-20(25)18(14-17)22-27-28(21(29)13-15-8-11-26-12-9-15)23(30-22)10-7-16-3-1-2-4-19(16)23;21-13-5-6-16(22)14(11-13)19-24-25(18(27)8-7-17(23)26)20(28-19)10-9-12-3-1-2-4-15(12)20/h1-2,5-8,13,15,26H,3-4,9-12,14H2;1-4,7,10,13,15,17H,5-6,8-9,11-12,26H2;1-6,14-15,26H,7-13H2;1-6,11H,7-10H2,(H2,23,26). The molecule has 4 spiro atoms. The smallest absolute Gasteiger partial charge is 0.247 e. The molecule has 11 aliphatic rings. The van der Waals surface area contributed by atoms with Crippen molar-refractivity contribution in [2.24, 2.45) is 49.6 Å². The molecule has 5 aliphatic carbocycles. The summed E-state index contributed by atoms with van der Waals surface area (Å²) in [4.78, 5) is 61.5. The number of benzene rings is 8. The lowest BCUT2D eigenvalue weighted by atomic mass is 9.85. The molecule has 29 heteroatoms. The first kappa shape index (κ1) is 82.2. The lowest BCUT2D eigenvalue weighted by molar-refractivity contribution is -0.140. The van der Waals surface area contributed by atoms with Gasteiger partial charge in [0.1, 0.15) is 86.2 Å². The maximum Gasteiger partial charge on any atom is 0.247 e. The van der Waals surface area contributed by atoms with Crippen LogP contribution >= 0.6 is 47.0 Å². The van der Waals surface area contributed by atoms with Crippen molar-refractivity contribution in [3.05, 3.63) is 283 Å². The lowest BCUT2D eigenvalue weighted by Gasteiger charge is -2.36. The molecule has 3 fully saturated rings. The van der Waals surface area contributed by atoms with Crippen molar-refractivity contribution in [3.63, 3.8) is 0 Å². The van der Waals surface area contributed by atoms with Gasteiger partial charge in [-0.3, -0.25) is 24.0 Å². The van der Waals surface area contributed by atoms with Crippen LogP contribution in [0.5, 0.6) is 0 Å². The van der Waals surface area contributed by atoms with Crippen molar-refractivity contribution in [2.75, 3.05) is 26.2 Å². The number of primary amides is 1. The van der Waals surface area contributed by atoms with E-state index in [9.17, 15) is 59.1 Å². The highest BCUT2D eigenvalue weighted by Gasteiger charge is 2.57. The van der Waals surface area contributed by atoms with Gasteiger partial charge in [0.25, 0.3) is 0 Å². The summed E-state index contributed by atoms with van der Waals surface area (Å²) < 4.78 is 113. The van der Waals surface area contributed by atoms with Crippen LogP contribution in [-0.2, 0) is 69.1 Å². The Labute approximate surface area is 695 Å². The average Bonchev–Trinajstić information content (AvgIpc) is 1.59. The van der Waals surface area contributed by atoms with E-state index in [1.54, 1.807) is 15.0 Å². The summed E-state index contributed by atoms with van der Waals surface area (Å²) in [7, 11) is 0. The van der Waals surface area contributed by atoms with Crippen LogP contribution in [-0.4, -0.2) is 102 Å². The molecule has 2 saturated heterocycles. The van der Waals surface area contributed by atoms with Crippen molar-refractivity contribution >= 4 is 96.8 Å². The van der Waals surface area contributed by atoms with Gasteiger partial charge < -0.3 is 22.1 Å². The van der Waals surface area contributed by atoms with Gasteiger partial charge in [0.2, 0.25) is 29.5 Å². The zero-order valence-electron chi connectivity index (χ0n) is 64.4. The summed E-state index contributed by atoms with van der Waals surface area (Å²) in [6.45, 7) is 3.65. The SMILES string of the molecule is NC(=O)CCC(=O)N1N=C(c2cc(F)ccc2F)SC12CCc1ccccc12.NC1CCC(C(=O)N2N=C(c3cc(F)ccc3F)SC23CCc2ccccc23)CC1.O=C(CC1CCCNC1)N1N=C(c2cc(F)ccc2F)SC12CCc1ccccc12.O=C(CC1CCNCC1)N1N=C(c2cc(F)ccc2F)SC12CCc1ccccc12. The number of hydrogen-bond acceptors (Lipinski definition) is 16. The minimum absolute atomic E-state index is 0.0129. The molecule has 1 saturated carbocycles. The maximum atomic E-state index is 14.5. The summed E-state index contributed by atoms with van der Waals surface area (Å²) in [6.07, 6.45) is 13.6. The van der Waals surface area contributed by atoms with Crippen LogP contribution in [0.15, 0.2) is 190 Å². The van der Waals surface area contributed by atoms with Crippen LogP contribution in [0.25, 0.3) is 0 Å². The number of carbonyl (C=O) groups excluding carboxylic acids is 5. The molecular weight excluding hydrogens is 1600 g/mol. The van der Waals surface area contributed by atoms with Gasteiger partial charge in [-0.15, -0.1) is 0 Å². The van der Waals surface area contributed by atoms with E-state index in [-0.39, 0.29) is 81.6 Å². The molecule has 0 bridgehead atoms. The molecule has 5 amide bonds. The third-order valence-electron chi connectivity index (χ3n) is 23.9. The van der Waals surface area contributed by atoms with Gasteiger partial charge in [-0.1, -0.05) is 144 Å². The van der Waals surface area contributed by atoms with Gasteiger partial charge in [-0.25, -0.2) is 55.2 Å². The molecule has 0 radical (unpaired) electrons. The number of nitrogens with two attached hydrogens (primary N) is 2. The molecule has 8 aromatic rings. The number of hydrazone groups is 4. The summed E-state index contributed by atoms with van der Waals surface area (Å²) in [5, 5.41) is 32.2. The van der Waals surface area contributed by atoms with Crippen LogP contribution in [0.2, 0.25) is 0 Å². The van der Waals surface area contributed by atoms with E-state index in [2.05, 4.69) is 49.2 Å². The Hall–Kier alpha value is -9.49. The van der Waals surface area contributed by atoms with Crippen molar-refractivity contribution in [3.8, 4) is 0 Å². The second kappa shape index (κ2) is 34.7. The fraction of sp³-hybridized carbons (Fsp3) is 0.360. The fourth-order valence-corrected chi connectivity index (χ4v) is 23.7. The number of nitrogens with one attached hydrogen (secondary N) is 2. The van der Waals surface area contributed by atoms with Crippen LogP contribution in [0.1, 0.15) is 169 Å². The Morgan fingerprint density at radius 1 is 0.390 bits per heavy atom. The van der Waals surface area contributed by atoms with Crippen molar-refractivity contribution in [1.29, 1.82) is 0 Å². The molecule has 17 nitrogen and oxygen atoms in total. The molecule has 118 heavy (non-hydrogen) atoms. The first-order valence-corrected chi connectivity index (χ1v) is 43.3. The highest BCUT2D eigenvalue weighted by Crippen LogP contribution is 2.60. The Morgan fingerprint density at radius 3 is 1.08 bits per heavy atom. The number of rotatable bonds is 12. The molecule has 19 rings (SSSR count). The zero-order chi connectivity index (χ0) is 82.2. The Morgan fingerprint density at radius 2 is 0.729 bits per heavy atom. The quantitative estimate of drug-likeness (QED) is 0.0839. The van der Waals surface area contributed by atoms with E-state index in [0.29, 0.717) is 59.6 Å². The van der Waals surface area contributed by atoms with Gasteiger partial charge >= 0.3 is 0 Å². The molecule has 6 heterocycles. The summed E-state index contributed by atoms with van der Waals surface area (Å²) in [5.41, 5.74) is 20.2. The Balaban J connectivity index is 0.000000118. The minimum atomic E-state index is -0.834. The summed E-state index contributed by atoms with van der Waals surface area (Å²) in [6, 6.07) is 45.2. The number of aryl methyl sites for hydroxylation is 4. The number of thioether (sulfide) groups is 4. The third kappa shape index (κ3) is 16.3. The van der Waals surface area contributed by atoms with E-state index in [1.807, 2.05) is 78.9 Å². The van der Waals surface area contributed by atoms with Crippen LogP contribution in [0.4, 0.5) is 35.1 Å². The van der Waals surface area contributed by atoms with E-state index in [1.165, 1.54) is 68.7 Å². The molecule has 6 aliphatic heterocycles. The van der Waals surface area contributed by atoms with E-state index < -0.39 is 71.9 Å². The van der Waals surface area contributed by atoms with Crippen LogP contribution in [0.3, 0.4) is 0 Å². The van der Waals surface area contributed by atoms with E-state index in [0.717, 1.165) is 204 Å². The minimum Gasteiger partial charge on any atom is -0.370 e. The van der Waals surface area contributed by atoms with Crippen LogP contribution < -0.4 is 22.1 Å². The molecule has 612 valence electrons. The number of piperidine rings is 2. The highest BCUT2D eigenvalue weighted by atomic mass is 32.2. The molecule has 8 aromatic carbocycles. The molecule has 5 unspecified atom stereocenters. The number of amides is 5.